The van der Waals surface area contributed by atoms with Gasteiger partial charge >= 0.3 is 0 Å². The van der Waals surface area contributed by atoms with Gasteiger partial charge in [0.2, 0.25) is 5.91 Å². The number of H-pyrrole nitrogens is 1. The Balaban J connectivity index is 0.00000343. The van der Waals surface area contributed by atoms with Crippen molar-refractivity contribution in [3.05, 3.63) is 125 Å². The van der Waals surface area contributed by atoms with Gasteiger partial charge in [0.05, 0.1) is 0 Å². The number of tetrazole rings is 1. The predicted molar refractivity (Wildman–Crippen MR) is 168 cm³/mol. The zero-order valence-corrected chi connectivity index (χ0v) is 25.1. The van der Waals surface area contributed by atoms with Crippen LogP contribution in [0.3, 0.4) is 0 Å². The van der Waals surface area contributed by atoms with Gasteiger partial charge in [0, 0.05) is 53.0 Å². The third kappa shape index (κ3) is 6.42. The fraction of sp³-hybridized carbons (Fsp3) is 0.286. The number of aromatic amines is 1. The number of rotatable bonds is 8. The van der Waals surface area contributed by atoms with E-state index in [0.29, 0.717) is 22.8 Å². The summed E-state index contributed by atoms with van der Waals surface area (Å²) in [7, 11) is 0. The van der Waals surface area contributed by atoms with Gasteiger partial charge in [0.25, 0.3) is 6.33 Å². The molecule has 3 aromatic carbocycles. The molecule has 44 heavy (non-hydrogen) atoms. The Morgan fingerprint density at radius 3 is 2.48 bits per heavy atom. The van der Waals surface area contributed by atoms with Crippen LogP contribution in [0.2, 0.25) is 5.02 Å². The predicted octanol–water partition coefficient (Wildman–Crippen LogP) is 6.11. The molecule has 2 aliphatic rings. The first-order valence-electron chi connectivity index (χ1n) is 15.1. The maximum Gasteiger partial charge on any atom is 0.293 e. The van der Waals surface area contributed by atoms with Crippen LogP contribution in [0.5, 0.6) is 0 Å². The summed E-state index contributed by atoms with van der Waals surface area (Å²) in [6.45, 7) is 1.72. The van der Waals surface area contributed by atoms with Gasteiger partial charge < -0.3 is 10.4 Å². The second-order valence-electron chi connectivity index (χ2n) is 11.7. The highest BCUT2D eigenvalue weighted by molar-refractivity contribution is 6.31. The maximum absolute atomic E-state index is 12.6. The highest BCUT2D eigenvalue weighted by Gasteiger charge is 2.35. The van der Waals surface area contributed by atoms with E-state index in [9.17, 15) is 4.79 Å². The zero-order valence-electron chi connectivity index (χ0n) is 24.4. The summed E-state index contributed by atoms with van der Waals surface area (Å²) in [6.07, 6.45) is 8.59. The number of nitrogens with zero attached hydrogens (tertiary/aromatic N) is 5. The van der Waals surface area contributed by atoms with Gasteiger partial charge in [-0.15, -0.1) is 4.68 Å². The maximum atomic E-state index is 12.6. The minimum Gasteiger partial charge on any atom is -0.870 e. The number of hydrogen-bond acceptors (Lipinski definition) is 5. The van der Waals surface area contributed by atoms with Crippen LogP contribution < -0.4 is 4.68 Å². The van der Waals surface area contributed by atoms with Crippen molar-refractivity contribution in [1.82, 2.24) is 25.4 Å². The second-order valence-corrected chi connectivity index (χ2v) is 12.2. The molecule has 1 saturated carbocycles. The molecule has 1 aliphatic heterocycles. The van der Waals surface area contributed by atoms with Crippen molar-refractivity contribution in [2.45, 2.75) is 43.9 Å². The molecular formula is C35H35ClN6O2. The fourth-order valence-electron chi connectivity index (χ4n) is 6.31. The number of benzene rings is 3. The van der Waals surface area contributed by atoms with Gasteiger partial charge in [0.1, 0.15) is 10.8 Å². The van der Waals surface area contributed by atoms with E-state index in [0.717, 1.165) is 67.7 Å². The van der Waals surface area contributed by atoms with Gasteiger partial charge in [-0.3, -0.25) is 9.78 Å². The van der Waals surface area contributed by atoms with Crippen molar-refractivity contribution >= 4 is 17.5 Å². The minimum absolute atomic E-state index is 0. The van der Waals surface area contributed by atoms with E-state index in [4.69, 9.17) is 16.6 Å². The first-order valence-corrected chi connectivity index (χ1v) is 15.5. The van der Waals surface area contributed by atoms with Crippen LogP contribution in [0, 0.1) is 5.92 Å². The highest BCUT2D eigenvalue weighted by Crippen LogP contribution is 2.36. The molecule has 9 heteroatoms. The molecule has 0 spiro atoms. The third-order valence-electron chi connectivity index (χ3n) is 8.85. The molecule has 1 aliphatic carbocycles. The molecule has 224 valence electrons. The lowest BCUT2D eigenvalue weighted by Gasteiger charge is -2.32. The van der Waals surface area contributed by atoms with E-state index in [1.54, 1.807) is 11.0 Å². The molecular weight excluding hydrogens is 572 g/mol. The first-order chi connectivity index (χ1) is 21.1. The lowest BCUT2D eigenvalue weighted by atomic mass is 9.84. The first kappa shape index (κ1) is 29.7. The number of nitrogens with one attached hydrogen (secondary N) is 1. The average molecular weight is 607 g/mol. The molecule has 3 heterocycles. The largest absolute Gasteiger partial charge is 0.870 e. The standard InChI is InChI=1S/C35H33ClN6O.H2O/c36-30-12-14-34(42-23-38-39-40-42)32(21-30)29-11-13-33(37-22-29)31(19-24-5-2-1-3-6-24)28-8-4-7-27(20-28)25-15-17-41(18-16-25)35(43)26-9-10-26;/h1-8,11-14,20-23,25-26,31H,9-10,15-19H2;1H2/t31-;/m0./s1. The van der Waals surface area contributed by atoms with Gasteiger partial charge in [-0.2, -0.15) is 0 Å². The van der Waals surface area contributed by atoms with Crippen LogP contribution in [0.1, 0.15) is 59.9 Å². The molecule has 8 nitrogen and oxygen atoms in total. The molecule has 0 radical (unpaired) electrons. The molecule has 1 saturated heterocycles. The normalized spacial score (nSPS) is 15.9. The van der Waals surface area contributed by atoms with Gasteiger partial charge in [-0.1, -0.05) is 77.5 Å². The quantitative estimate of drug-likeness (QED) is 0.214. The van der Waals surface area contributed by atoms with E-state index >= 15 is 0 Å². The molecule has 1 atom stereocenters. The van der Waals surface area contributed by atoms with Crippen molar-refractivity contribution < 1.29 is 15.0 Å². The zero-order chi connectivity index (χ0) is 29.2. The van der Waals surface area contributed by atoms with Crippen LogP contribution in [-0.2, 0) is 11.2 Å². The molecule has 7 rings (SSSR count). The summed E-state index contributed by atoms with van der Waals surface area (Å²) in [6, 6.07) is 29.7. The number of hydrogen-bond donors (Lipinski definition) is 1. The minimum atomic E-state index is 0. The SMILES string of the molecule is O=C(C1CC1)N1CCC(c2cccc([C@H](Cc3ccccc3)c3ccc(-c4cc(Cl)ccc4-[n+]4cnn[nH]4)cn3)c2)CC1.[OH-]. The number of likely N-dealkylation sites (tertiary alicyclic amines) is 1. The molecule has 2 N–H and O–H groups in total. The van der Waals surface area contributed by atoms with Crippen molar-refractivity contribution in [2.24, 2.45) is 5.92 Å². The average Bonchev–Trinajstić information content (AvgIpc) is 3.77. The number of amides is 1. The van der Waals surface area contributed by atoms with Crippen LogP contribution in [-0.4, -0.2) is 49.9 Å². The number of carbonyl (C=O) groups excluding carboxylic acids is 1. The van der Waals surface area contributed by atoms with Crippen molar-refractivity contribution in [2.75, 3.05) is 13.1 Å². The van der Waals surface area contributed by atoms with Crippen molar-refractivity contribution in [1.29, 1.82) is 0 Å². The lowest BCUT2D eigenvalue weighted by molar-refractivity contribution is -0.659. The number of halogens is 1. The Kier molecular flexibility index (Phi) is 8.82. The number of aromatic nitrogens is 5. The van der Waals surface area contributed by atoms with Gasteiger partial charge in [0.15, 0.2) is 5.21 Å². The Hall–Kier alpha value is -4.40. The monoisotopic (exact) mass is 606 g/mol. The summed E-state index contributed by atoms with van der Waals surface area (Å²) in [5, 5.41) is 11.3. The number of piperidine rings is 1. The molecule has 0 unspecified atom stereocenters. The number of pyridine rings is 1. The van der Waals surface area contributed by atoms with Gasteiger partial charge in [-0.25, -0.2) is 0 Å². The topological polar surface area (TPSA) is 109 Å². The Morgan fingerprint density at radius 2 is 1.77 bits per heavy atom. The van der Waals surface area contributed by atoms with Crippen LogP contribution in [0.15, 0.2) is 97.5 Å². The summed E-state index contributed by atoms with van der Waals surface area (Å²) in [5.74, 6) is 1.23. The van der Waals surface area contributed by atoms with Crippen LogP contribution in [0.25, 0.3) is 16.8 Å². The van der Waals surface area contributed by atoms with Crippen molar-refractivity contribution in [3.8, 4) is 16.8 Å². The van der Waals surface area contributed by atoms with E-state index < -0.39 is 0 Å². The molecule has 5 aromatic rings. The summed E-state index contributed by atoms with van der Waals surface area (Å²) in [4.78, 5) is 19.7. The Bertz CT molecular complexity index is 1700. The lowest BCUT2D eigenvalue weighted by Crippen LogP contribution is -2.38. The number of carbonyl (C=O) groups is 1. The highest BCUT2D eigenvalue weighted by atomic mass is 35.5. The fourth-order valence-corrected chi connectivity index (χ4v) is 6.48. The van der Waals surface area contributed by atoms with Crippen LogP contribution in [0.4, 0.5) is 0 Å². The van der Waals surface area contributed by atoms with Crippen molar-refractivity contribution in [3.63, 3.8) is 0 Å². The van der Waals surface area contributed by atoms with E-state index in [2.05, 4.69) is 87.2 Å². The summed E-state index contributed by atoms with van der Waals surface area (Å²) in [5.41, 5.74) is 7.71. The summed E-state index contributed by atoms with van der Waals surface area (Å²) >= 11 is 6.41. The van der Waals surface area contributed by atoms with E-state index in [1.165, 1.54) is 16.7 Å². The second kappa shape index (κ2) is 13.1. The smallest absolute Gasteiger partial charge is 0.293 e. The third-order valence-corrected chi connectivity index (χ3v) is 9.09. The summed E-state index contributed by atoms with van der Waals surface area (Å²) < 4.78 is 1.76. The molecule has 1 amide bonds. The van der Waals surface area contributed by atoms with Gasteiger partial charge in [-0.05, 0) is 79.0 Å². The molecule has 2 fully saturated rings. The Morgan fingerprint density at radius 1 is 0.955 bits per heavy atom. The molecule has 2 aromatic heterocycles. The van der Waals surface area contributed by atoms with E-state index in [1.807, 2.05) is 24.4 Å². The Labute approximate surface area is 262 Å². The van der Waals surface area contributed by atoms with E-state index in [-0.39, 0.29) is 11.4 Å². The molecule has 0 bridgehead atoms. The van der Waals surface area contributed by atoms with Crippen LogP contribution >= 0.6 is 11.6 Å².